The number of rotatable bonds is 6. The molecule has 2 aromatic rings. The van der Waals surface area contributed by atoms with Crippen LogP contribution in [0.25, 0.3) is 0 Å². The highest BCUT2D eigenvalue weighted by Crippen LogP contribution is 2.66. The molecule has 3 amide bonds. The van der Waals surface area contributed by atoms with Crippen molar-refractivity contribution in [2.75, 3.05) is 17.2 Å². The molecule has 2 bridgehead atoms. The Morgan fingerprint density at radius 2 is 1.91 bits per heavy atom. The van der Waals surface area contributed by atoms with Gasteiger partial charge in [-0.3, -0.25) is 14.4 Å². The standard InChI is InChI=1S/C26H28ClN3O4S/c1-14-7-6-10-17(27)21(14)29-24(33)22-26-12-11-18(35-26)19(20(26)25(34)30(22)15(2)13-31)23(32)28-16-8-4-3-5-9-16/h3-10,15,18-20,22,31H,11-13H2,1-2H3,(H,28,32)(H,29,33)/t15-,18-,19+,20+,22?,26?/m1/s1. The summed E-state index contributed by atoms with van der Waals surface area (Å²) in [5, 5.41) is 16.3. The first-order chi connectivity index (χ1) is 16.8. The molecular weight excluding hydrogens is 486 g/mol. The first-order valence-corrected chi connectivity index (χ1v) is 13.1. The normalized spacial score (nSPS) is 29.7. The van der Waals surface area contributed by atoms with Crippen molar-refractivity contribution in [1.29, 1.82) is 0 Å². The van der Waals surface area contributed by atoms with Crippen LogP contribution in [0.1, 0.15) is 25.3 Å². The summed E-state index contributed by atoms with van der Waals surface area (Å²) < 4.78 is -0.733. The van der Waals surface area contributed by atoms with Crippen molar-refractivity contribution < 1.29 is 19.5 Å². The maximum Gasteiger partial charge on any atom is 0.248 e. The number of aliphatic hydroxyl groups is 1. The molecule has 3 aliphatic rings. The van der Waals surface area contributed by atoms with Gasteiger partial charge in [-0.1, -0.05) is 41.9 Å². The van der Waals surface area contributed by atoms with Crippen molar-refractivity contribution >= 4 is 52.5 Å². The maximum atomic E-state index is 13.9. The van der Waals surface area contributed by atoms with Crippen LogP contribution < -0.4 is 10.6 Å². The summed E-state index contributed by atoms with van der Waals surface area (Å²) in [7, 11) is 0. The first kappa shape index (κ1) is 24.2. The van der Waals surface area contributed by atoms with Gasteiger partial charge in [0.15, 0.2) is 0 Å². The molecular formula is C26H28ClN3O4S. The lowest BCUT2D eigenvalue weighted by Crippen LogP contribution is -2.54. The Hall–Kier alpha value is -2.55. The minimum absolute atomic E-state index is 0.0448. The van der Waals surface area contributed by atoms with Crippen LogP contribution >= 0.6 is 23.4 Å². The number of likely N-dealkylation sites (tertiary alicyclic amines) is 1. The van der Waals surface area contributed by atoms with Crippen molar-refractivity contribution in [3.63, 3.8) is 0 Å². The summed E-state index contributed by atoms with van der Waals surface area (Å²) in [5.41, 5.74) is 2.00. The summed E-state index contributed by atoms with van der Waals surface area (Å²) in [6.45, 7) is 3.31. The fourth-order valence-electron chi connectivity index (χ4n) is 5.98. The molecule has 3 saturated heterocycles. The summed E-state index contributed by atoms with van der Waals surface area (Å²) in [6, 6.07) is 13.2. The molecule has 35 heavy (non-hydrogen) atoms. The smallest absolute Gasteiger partial charge is 0.248 e. The van der Waals surface area contributed by atoms with Crippen LogP contribution in [0.3, 0.4) is 0 Å². The van der Waals surface area contributed by atoms with Gasteiger partial charge < -0.3 is 20.6 Å². The fourth-order valence-corrected chi connectivity index (χ4v) is 8.46. The lowest BCUT2D eigenvalue weighted by atomic mass is 9.70. The molecule has 0 aromatic heterocycles. The van der Waals surface area contributed by atoms with Crippen molar-refractivity contribution in [3.05, 3.63) is 59.1 Å². The van der Waals surface area contributed by atoms with E-state index >= 15 is 0 Å². The predicted octanol–water partition coefficient (Wildman–Crippen LogP) is 3.70. The Balaban J connectivity index is 1.50. The average Bonchev–Trinajstić information content (AvgIpc) is 3.49. The van der Waals surface area contributed by atoms with Gasteiger partial charge in [0, 0.05) is 10.9 Å². The van der Waals surface area contributed by atoms with Crippen LogP contribution in [0.15, 0.2) is 48.5 Å². The second-order valence-electron chi connectivity index (χ2n) is 9.61. The van der Waals surface area contributed by atoms with Crippen LogP contribution in [0.2, 0.25) is 5.02 Å². The van der Waals surface area contributed by atoms with Gasteiger partial charge in [0.2, 0.25) is 17.7 Å². The lowest BCUT2D eigenvalue weighted by Gasteiger charge is -2.36. The fraction of sp³-hybridized carbons (Fsp3) is 0.423. The first-order valence-electron chi connectivity index (χ1n) is 11.8. The molecule has 3 N–H and O–H groups in total. The third-order valence-corrected chi connectivity index (χ3v) is 9.81. The second-order valence-corrected chi connectivity index (χ2v) is 11.6. The van der Waals surface area contributed by atoms with E-state index in [2.05, 4.69) is 10.6 Å². The molecule has 6 atom stereocenters. The summed E-state index contributed by atoms with van der Waals surface area (Å²) in [6.07, 6.45) is 1.40. The minimum Gasteiger partial charge on any atom is -0.394 e. The minimum atomic E-state index is -0.817. The second kappa shape index (κ2) is 9.15. The van der Waals surface area contributed by atoms with Gasteiger partial charge in [-0.2, -0.15) is 0 Å². The number of aliphatic hydroxyl groups excluding tert-OH is 1. The van der Waals surface area contributed by atoms with E-state index in [0.717, 1.165) is 12.0 Å². The molecule has 3 aliphatic heterocycles. The quantitative estimate of drug-likeness (QED) is 0.547. The Bertz CT molecular complexity index is 1160. The molecule has 3 fully saturated rings. The molecule has 9 heteroatoms. The van der Waals surface area contributed by atoms with Gasteiger partial charge in [-0.05, 0) is 50.5 Å². The number of nitrogens with one attached hydrogen (secondary N) is 2. The third kappa shape index (κ3) is 3.82. The number of fused-ring (bicyclic) bond motifs is 1. The lowest BCUT2D eigenvalue weighted by molar-refractivity contribution is -0.140. The SMILES string of the molecule is Cc1cccc(Cl)c1NC(=O)C1N([C@H](C)CO)C(=O)[C@@H]2[C@@H](C(=O)Nc3ccccc3)[C@H]3CCC12S3. The number of thioether (sulfide) groups is 1. The van der Waals surface area contributed by atoms with E-state index in [0.29, 0.717) is 22.8 Å². The molecule has 2 unspecified atom stereocenters. The monoisotopic (exact) mass is 513 g/mol. The molecule has 5 rings (SSSR count). The summed E-state index contributed by atoms with van der Waals surface area (Å²) >= 11 is 7.96. The number of benzene rings is 2. The number of nitrogens with zero attached hydrogens (tertiary/aromatic N) is 1. The highest BCUT2D eigenvalue weighted by molar-refractivity contribution is 8.02. The van der Waals surface area contributed by atoms with E-state index in [-0.39, 0.29) is 29.6 Å². The van der Waals surface area contributed by atoms with Crippen molar-refractivity contribution in [1.82, 2.24) is 4.90 Å². The van der Waals surface area contributed by atoms with E-state index in [1.165, 1.54) is 4.90 Å². The number of carbonyl (C=O) groups is 3. The van der Waals surface area contributed by atoms with Crippen LogP contribution in [0.5, 0.6) is 0 Å². The van der Waals surface area contributed by atoms with Crippen LogP contribution in [-0.4, -0.2) is 56.4 Å². The number of anilines is 2. The Morgan fingerprint density at radius 3 is 2.60 bits per heavy atom. The number of amides is 3. The zero-order valence-electron chi connectivity index (χ0n) is 19.5. The number of carbonyl (C=O) groups excluding carboxylic acids is 3. The van der Waals surface area contributed by atoms with Crippen molar-refractivity contribution in [2.45, 2.75) is 48.8 Å². The molecule has 0 aliphatic carbocycles. The average molecular weight is 514 g/mol. The molecule has 0 radical (unpaired) electrons. The van der Waals surface area contributed by atoms with Crippen molar-refractivity contribution in [3.8, 4) is 0 Å². The van der Waals surface area contributed by atoms with E-state index < -0.39 is 28.7 Å². The van der Waals surface area contributed by atoms with Crippen LogP contribution in [0, 0.1) is 18.8 Å². The molecule has 3 heterocycles. The highest BCUT2D eigenvalue weighted by Gasteiger charge is 2.74. The zero-order valence-corrected chi connectivity index (χ0v) is 21.1. The summed E-state index contributed by atoms with van der Waals surface area (Å²) in [5.74, 6) is -1.96. The largest absolute Gasteiger partial charge is 0.394 e. The highest BCUT2D eigenvalue weighted by atomic mass is 35.5. The van der Waals surface area contributed by atoms with Gasteiger partial charge in [0.1, 0.15) is 6.04 Å². The number of hydrogen-bond donors (Lipinski definition) is 3. The molecule has 1 spiro atoms. The Labute approximate surface area is 213 Å². The topological polar surface area (TPSA) is 98.7 Å². The third-order valence-electron chi connectivity index (χ3n) is 7.54. The van der Waals surface area contributed by atoms with Gasteiger partial charge >= 0.3 is 0 Å². The van der Waals surface area contributed by atoms with Crippen LogP contribution in [-0.2, 0) is 14.4 Å². The summed E-state index contributed by atoms with van der Waals surface area (Å²) in [4.78, 5) is 42.6. The molecule has 184 valence electrons. The molecule has 2 aromatic carbocycles. The molecule has 7 nitrogen and oxygen atoms in total. The number of para-hydroxylation sites is 2. The van der Waals surface area contributed by atoms with Gasteiger partial charge in [-0.15, -0.1) is 11.8 Å². The van der Waals surface area contributed by atoms with Crippen LogP contribution in [0.4, 0.5) is 11.4 Å². The van der Waals surface area contributed by atoms with E-state index in [1.807, 2.05) is 49.4 Å². The Morgan fingerprint density at radius 1 is 1.17 bits per heavy atom. The predicted molar refractivity (Wildman–Crippen MR) is 137 cm³/mol. The van der Waals surface area contributed by atoms with Gasteiger partial charge in [0.05, 0.1) is 39.9 Å². The van der Waals surface area contributed by atoms with E-state index in [9.17, 15) is 19.5 Å². The Kier molecular flexibility index (Phi) is 6.32. The van der Waals surface area contributed by atoms with Crippen molar-refractivity contribution in [2.24, 2.45) is 11.8 Å². The van der Waals surface area contributed by atoms with E-state index in [4.69, 9.17) is 11.6 Å². The number of halogens is 1. The molecule has 0 saturated carbocycles. The zero-order chi connectivity index (χ0) is 24.9. The van der Waals surface area contributed by atoms with Gasteiger partial charge in [-0.25, -0.2) is 0 Å². The number of hydrogen-bond acceptors (Lipinski definition) is 5. The van der Waals surface area contributed by atoms with Gasteiger partial charge in [0.25, 0.3) is 0 Å². The van der Waals surface area contributed by atoms with E-state index in [1.54, 1.807) is 24.8 Å². The maximum absolute atomic E-state index is 13.9. The number of aryl methyl sites for hydroxylation is 1.